The van der Waals surface area contributed by atoms with Crippen LogP contribution in [0.1, 0.15) is 50.7 Å². The van der Waals surface area contributed by atoms with Crippen molar-refractivity contribution in [3.8, 4) is 0 Å². The van der Waals surface area contributed by atoms with Crippen LogP contribution in [0.5, 0.6) is 0 Å². The van der Waals surface area contributed by atoms with Gasteiger partial charge in [0.05, 0.1) is 0 Å². The Morgan fingerprint density at radius 3 is 2.74 bits per heavy atom. The summed E-state index contributed by atoms with van der Waals surface area (Å²) in [4.78, 5) is 11.4. The molecule has 1 fully saturated rings. The lowest BCUT2D eigenvalue weighted by atomic mass is 10.1. The summed E-state index contributed by atoms with van der Waals surface area (Å²) in [5.41, 5.74) is 7.52. The van der Waals surface area contributed by atoms with Crippen LogP contribution in [-0.4, -0.2) is 11.7 Å². The van der Waals surface area contributed by atoms with E-state index >= 15 is 0 Å². The molecule has 4 nitrogen and oxygen atoms in total. The second kappa shape index (κ2) is 5.61. The van der Waals surface area contributed by atoms with E-state index in [9.17, 15) is 4.79 Å². The molecule has 2 rings (SSSR count). The molecule has 0 heterocycles. The van der Waals surface area contributed by atoms with Crippen LogP contribution in [0.25, 0.3) is 0 Å². The van der Waals surface area contributed by atoms with Crippen molar-refractivity contribution in [3.63, 3.8) is 0 Å². The highest BCUT2D eigenvalue weighted by molar-refractivity contribution is 5.66. The van der Waals surface area contributed by atoms with Gasteiger partial charge in [-0.25, -0.2) is 10.2 Å². The minimum Gasteiger partial charge on any atom is -0.443 e. The van der Waals surface area contributed by atoms with Gasteiger partial charge in [-0.1, -0.05) is 24.3 Å². The van der Waals surface area contributed by atoms with E-state index in [0.717, 1.165) is 5.92 Å². The molecule has 1 amide bonds. The Morgan fingerprint density at radius 1 is 1.37 bits per heavy atom. The molecule has 0 aromatic heterocycles. The van der Waals surface area contributed by atoms with Crippen LogP contribution < -0.4 is 10.9 Å². The number of carbonyl (C=O) groups excluding carboxylic acids is 1. The standard InChI is InChI=1S/C15H22N2O2/c1-15(2,3)19-14(18)17-16-10-11-5-4-6-13(9-11)12-7-8-12/h4-6,9,12,16H,7-8,10H2,1-3H3,(H,17,18). The summed E-state index contributed by atoms with van der Waals surface area (Å²) in [5, 5.41) is 0. The van der Waals surface area contributed by atoms with Gasteiger partial charge < -0.3 is 4.74 Å². The molecule has 0 aliphatic heterocycles. The van der Waals surface area contributed by atoms with E-state index in [1.807, 2.05) is 20.8 Å². The second-order valence-electron chi connectivity index (χ2n) is 6.00. The summed E-state index contributed by atoms with van der Waals surface area (Å²) in [7, 11) is 0. The number of hydrazine groups is 1. The van der Waals surface area contributed by atoms with Crippen LogP contribution in [0, 0.1) is 0 Å². The van der Waals surface area contributed by atoms with Crippen molar-refractivity contribution >= 4 is 6.09 Å². The Balaban J connectivity index is 1.76. The summed E-state index contributed by atoms with van der Waals surface area (Å²) < 4.78 is 5.14. The lowest BCUT2D eigenvalue weighted by Crippen LogP contribution is -2.40. The first-order valence-electron chi connectivity index (χ1n) is 6.75. The van der Waals surface area contributed by atoms with Crippen molar-refractivity contribution in [2.24, 2.45) is 0 Å². The summed E-state index contributed by atoms with van der Waals surface area (Å²) in [6.07, 6.45) is 2.14. The number of hydrogen-bond donors (Lipinski definition) is 2. The Morgan fingerprint density at radius 2 is 2.11 bits per heavy atom. The molecular weight excluding hydrogens is 240 g/mol. The zero-order valence-corrected chi connectivity index (χ0v) is 11.8. The first-order valence-corrected chi connectivity index (χ1v) is 6.75. The summed E-state index contributed by atoms with van der Waals surface area (Å²) in [6, 6.07) is 8.48. The molecule has 0 radical (unpaired) electrons. The third kappa shape index (κ3) is 4.91. The van der Waals surface area contributed by atoms with Crippen LogP contribution in [0.4, 0.5) is 4.79 Å². The smallest absolute Gasteiger partial charge is 0.422 e. The molecule has 4 heteroatoms. The second-order valence-corrected chi connectivity index (χ2v) is 6.00. The SMILES string of the molecule is CC(C)(C)OC(=O)NNCc1cccc(C2CC2)c1. The van der Waals surface area contributed by atoms with Gasteiger partial charge in [0, 0.05) is 6.54 Å². The quantitative estimate of drug-likeness (QED) is 0.820. The van der Waals surface area contributed by atoms with Crippen LogP contribution in [0.15, 0.2) is 24.3 Å². The maximum Gasteiger partial charge on any atom is 0.422 e. The zero-order valence-electron chi connectivity index (χ0n) is 11.8. The monoisotopic (exact) mass is 262 g/mol. The van der Waals surface area contributed by atoms with Crippen molar-refractivity contribution in [2.45, 2.75) is 51.7 Å². The van der Waals surface area contributed by atoms with Gasteiger partial charge in [-0.3, -0.25) is 5.43 Å². The molecule has 0 atom stereocenters. The van der Waals surface area contributed by atoms with Crippen LogP contribution in [0.3, 0.4) is 0 Å². The average Bonchev–Trinajstić information content (AvgIpc) is 3.10. The molecule has 1 saturated carbocycles. The van der Waals surface area contributed by atoms with E-state index in [1.54, 1.807) is 0 Å². The number of nitrogens with one attached hydrogen (secondary N) is 2. The van der Waals surface area contributed by atoms with E-state index < -0.39 is 11.7 Å². The van der Waals surface area contributed by atoms with E-state index in [-0.39, 0.29) is 0 Å². The summed E-state index contributed by atoms with van der Waals surface area (Å²) in [5.74, 6) is 0.749. The van der Waals surface area contributed by atoms with Gasteiger partial charge in [0.1, 0.15) is 5.60 Å². The lowest BCUT2D eigenvalue weighted by Gasteiger charge is -2.19. The Hall–Kier alpha value is -1.55. The first kappa shape index (κ1) is 13.9. The molecule has 1 aromatic rings. The van der Waals surface area contributed by atoms with Gasteiger partial charge >= 0.3 is 6.09 Å². The molecule has 1 aliphatic carbocycles. The maximum atomic E-state index is 11.4. The van der Waals surface area contributed by atoms with Gasteiger partial charge in [-0.15, -0.1) is 0 Å². The number of carbonyl (C=O) groups is 1. The van der Waals surface area contributed by atoms with Crippen LogP contribution >= 0.6 is 0 Å². The topological polar surface area (TPSA) is 50.4 Å². The minimum atomic E-state index is -0.475. The first-order chi connectivity index (χ1) is 8.94. The van der Waals surface area contributed by atoms with Gasteiger partial charge in [0.25, 0.3) is 0 Å². The van der Waals surface area contributed by atoms with Gasteiger partial charge in [0.2, 0.25) is 0 Å². The predicted molar refractivity (Wildman–Crippen MR) is 74.6 cm³/mol. The van der Waals surface area contributed by atoms with E-state index in [1.165, 1.54) is 24.0 Å². The van der Waals surface area contributed by atoms with Crippen LogP contribution in [-0.2, 0) is 11.3 Å². The highest BCUT2D eigenvalue weighted by Gasteiger charge is 2.23. The minimum absolute atomic E-state index is 0.453. The van der Waals surface area contributed by atoms with Gasteiger partial charge in [0.15, 0.2) is 0 Å². The highest BCUT2D eigenvalue weighted by Crippen LogP contribution is 2.40. The number of amides is 1. The Bertz CT molecular complexity index is 448. The van der Waals surface area contributed by atoms with E-state index in [0.29, 0.717) is 6.54 Å². The molecule has 0 bridgehead atoms. The summed E-state index contributed by atoms with van der Waals surface area (Å²) in [6.45, 7) is 6.11. The summed E-state index contributed by atoms with van der Waals surface area (Å²) >= 11 is 0. The number of hydrogen-bond acceptors (Lipinski definition) is 3. The fraction of sp³-hybridized carbons (Fsp3) is 0.533. The molecule has 104 valence electrons. The fourth-order valence-electron chi connectivity index (χ4n) is 1.90. The van der Waals surface area contributed by atoms with Crippen molar-refractivity contribution in [2.75, 3.05) is 0 Å². The number of rotatable bonds is 4. The predicted octanol–water partition coefficient (Wildman–Crippen LogP) is 3.09. The molecule has 1 aromatic carbocycles. The van der Waals surface area contributed by atoms with Gasteiger partial charge in [-0.05, 0) is 50.7 Å². The molecule has 1 aliphatic rings. The van der Waals surface area contributed by atoms with Crippen molar-refractivity contribution in [1.29, 1.82) is 0 Å². The Labute approximate surface area is 114 Å². The molecule has 0 unspecified atom stereocenters. The molecule has 2 N–H and O–H groups in total. The fourth-order valence-corrected chi connectivity index (χ4v) is 1.90. The third-order valence-corrected chi connectivity index (χ3v) is 2.88. The van der Waals surface area contributed by atoms with E-state index in [2.05, 4.69) is 35.1 Å². The highest BCUT2D eigenvalue weighted by atomic mass is 16.6. The Kier molecular flexibility index (Phi) is 4.10. The van der Waals surface area contributed by atoms with Gasteiger partial charge in [-0.2, -0.15) is 0 Å². The molecular formula is C15H22N2O2. The molecule has 19 heavy (non-hydrogen) atoms. The molecule has 0 spiro atoms. The molecule has 0 saturated heterocycles. The number of ether oxygens (including phenoxy) is 1. The van der Waals surface area contributed by atoms with Crippen molar-refractivity contribution in [1.82, 2.24) is 10.9 Å². The number of benzene rings is 1. The lowest BCUT2D eigenvalue weighted by molar-refractivity contribution is 0.0497. The van der Waals surface area contributed by atoms with E-state index in [4.69, 9.17) is 4.74 Å². The van der Waals surface area contributed by atoms with Crippen molar-refractivity contribution in [3.05, 3.63) is 35.4 Å². The largest absolute Gasteiger partial charge is 0.443 e. The van der Waals surface area contributed by atoms with Crippen LogP contribution in [0.2, 0.25) is 0 Å². The third-order valence-electron chi connectivity index (χ3n) is 2.88. The normalized spacial score (nSPS) is 15.1. The maximum absolute atomic E-state index is 11.4. The zero-order chi connectivity index (χ0) is 13.9. The van der Waals surface area contributed by atoms with Crippen molar-refractivity contribution < 1.29 is 9.53 Å². The average molecular weight is 262 g/mol.